The molecule has 0 radical (unpaired) electrons. The molecule has 0 unspecified atom stereocenters. The van der Waals surface area contributed by atoms with Crippen molar-refractivity contribution in [3.8, 4) is 11.5 Å². The van der Waals surface area contributed by atoms with Crippen LogP contribution in [-0.4, -0.2) is 55.7 Å². The Hall–Kier alpha value is -2.91. The third-order valence-electron chi connectivity index (χ3n) is 3.37. The Labute approximate surface area is 141 Å². The van der Waals surface area contributed by atoms with Gasteiger partial charge in [0.1, 0.15) is 0 Å². The number of carbonyl (C=O) groups excluding carboxylic acids is 3. The molecule has 1 heterocycles. The molecule has 3 amide bonds. The summed E-state index contributed by atoms with van der Waals surface area (Å²) in [6, 6.07) is 2.92. The van der Waals surface area contributed by atoms with E-state index in [2.05, 4.69) is 10.1 Å². The van der Waals surface area contributed by atoms with E-state index < -0.39 is 30.6 Å². The van der Waals surface area contributed by atoms with Crippen molar-refractivity contribution in [2.75, 3.05) is 20.2 Å². The number of amides is 3. The number of ether oxygens (including phenoxy) is 3. The number of hydrogen-bond donors (Lipinski definition) is 1. The Morgan fingerprint density at radius 1 is 1.28 bits per heavy atom. The number of esters is 1. The van der Waals surface area contributed by atoms with Gasteiger partial charge in [-0.3, -0.25) is 9.69 Å². The average Bonchev–Trinajstić information content (AvgIpc) is 2.99. The van der Waals surface area contributed by atoms with Crippen LogP contribution in [0.3, 0.4) is 0 Å². The molecule has 0 aromatic heterocycles. The van der Waals surface area contributed by atoms with E-state index >= 15 is 0 Å². The standard InChI is InChI=1S/C15H16F2N2O6/c1-8(12(20)19-6-5-18-15(19)22)24-13(21)9-3-4-10(25-14(16)17)11(7-9)23-2/h3-4,7-8,14H,5-6H2,1-2H3,(H,18,22)/t8-/m1/s1. The second-order valence-corrected chi connectivity index (χ2v) is 5.01. The number of halogens is 2. The first-order valence-electron chi connectivity index (χ1n) is 7.26. The minimum absolute atomic E-state index is 0.0241. The minimum Gasteiger partial charge on any atom is -0.493 e. The highest BCUT2D eigenvalue weighted by Gasteiger charge is 2.31. The summed E-state index contributed by atoms with van der Waals surface area (Å²) in [6.45, 7) is -1.20. The fourth-order valence-electron chi connectivity index (χ4n) is 2.17. The predicted molar refractivity (Wildman–Crippen MR) is 79.6 cm³/mol. The Morgan fingerprint density at radius 2 is 2.00 bits per heavy atom. The summed E-state index contributed by atoms with van der Waals surface area (Å²) >= 11 is 0. The summed E-state index contributed by atoms with van der Waals surface area (Å²) < 4.78 is 38.8. The van der Waals surface area contributed by atoms with Crippen LogP contribution in [0.1, 0.15) is 17.3 Å². The fraction of sp³-hybridized carbons (Fsp3) is 0.400. The summed E-state index contributed by atoms with van der Waals surface area (Å²) in [6.07, 6.45) is -1.20. The smallest absolute Gasteiger partial charge is 0.387 e. The number of alkyl halides is 2. The van der Waals surface area contributed by atoms with Crippen LogP contribution in [0.15, 0.2) is 18.2 Å². The fourth-order valence-corrected chi connectivity index (χ4v) is 2.17. The molecule has 0 saturated carbocycles. The molecule has 10 heteroatoms. The molecule has 8 nitrogen and oxygen atoms in total. The van der Waals surface area contributed by atoms with E-state index in [0.717, 1.165) is 17.0 Å². The van der Waals surface area contributed by atoms with Crippen LogP contribution in [0.2, 0.25) is 0 Å². The van der Waals surface area contributed by atoms with Gasteiger partial charge in [-0.15, -0.1) is 0 Å². The molecule has 1 N–H and O–H groups in total. The first-order valence-corrected chi connectivity index (χ1v) is 7.26. The number of rotatable bonds is 6. The van der Waals surface area contributed by atoms with Gasteiger partial charge in [-0.05, 0) is 25.1 Å². The molecular weight excluding hydrogens is 342 g/mol. The van der Waals surface area contributed by atoms with E-state index in [1.165, 1.54) is 20.1 Å². The monoisotopic (exact) mass is 358 g/mol. The summed E-state index contributed by atoms with van der Waals surface area (Å²) in [4.78, 5) is 36.6. The van der Waals surface area contributed by atoms with Gasteiger partial charge in [-0.1, -0.05) is 0 Å². The molecule has 1 aliphatic heterocycles. The van der Waals surface area contributed by atoms with E-state index in [-0.39, 0.29) is 23.6 Å². The highest BCUT2D eigenvalue weighted by molar-refractivity contribution is 5.99. The second-order valence-electron chi connectivity index (χ2n) is 5.01. The van der Waals surface area contributed by atoms with Crippen molar-refractivity contribution < 1.29 is 37.4 Å². The maximum absolute atomic E-state index is 12.3. The molecule has 0 spiro atoms. The van der Waals surface area contributed by atoms with Gasteiger partial charge in [0.25, 0.3) is 5.91 Å². The first kappa shape index (κ1) is 18.4. The van der Waals surface area contributed by atoms with E-state index in [1.807, 2.05) is 0 Å². The maximum Gasteiger partial charge on any atom is 0.387 e. The molecule has 1 fully saturated rings. The van der Waals surface area contributed by atoms with Gasteiger partial charge in [-0.2, -0.15) is 8.78 Å². The van der Waals surface area contributed by atoms with Crippen molar-refractivity contribution in [2.45, 2.75) is 19.6 Å². The van der Waals surface area contributed by atoms with Crippen LogP contribution in [0.4, 0.5) is 13.6 Å². The largest absolute Gasteiger partial charge is 0.493 e. The number of methoxy groups -OCH3 is 1. The maximum atomic E-state index is 12.3. The van der Waals surface area contributed by atoms with Gasteiger partial charge in [0.2, 0.25) is 0 Å². The third-order valence-corrected chi connectivity index (χ3v) is 3.37. The average molecular weight is 358 g/mol. The van der Waals surface area contributed by atoms with Crippen LogP contribution >= 0.6 is 0 Å². The summed E-state index contributed by atoms with van der Waals surface area (Å²) in [5.74, 6) is -1.87. The molecule has 136 valence electrons. The lowest BCUT2D eigenvalue weighted by Gasteiger charge is -2.18. The van der Waals surface area contributed by atoms with E-state index in [4.69, 9.17) is 9.47 Å². The second kappa shape index (κ2) is 7.77. The summed E-state index contributed by atoms with van der Waals surface area (Å²) in [5, 5.41) is 2.46. The van der Waals surface area contributed by atoms with Crippen LogP contribution < -0.4 is 14.8 Å². The molecule has 0 aliphatic carbocycles. The van der Waals surface area contributed by atoms with Crippen molar-refractivity contribution in [1.82, 2.24) is 10.2 Å². The molecule has 1 aliphatic rings. The number of hydrogen-bond acceptors (Lipinski definition) is 6. The van der Waals surface area contributed by atoms with Gasteiger partial charge in [0.05, 0.1) is 12.7 Å². The first-order chi connectivity index (χ1) is 11.8. The van der Waals surface area contributed by atoms with Crippen molar-refractivity contribution in [1.29, 1.82) is 0 Å². The molecular formula is C15H16F2N2O6. The van der Waals surface area contributed by atoms with Gasteiger partial charge in [0, 0.05) is 13.1 Å². The zero-order valence-electron chi connectivity index (χ0n) is 13.5. The van der Waals surface area contributed by atoms with E-state index in [1.54, 1.807) is 0 Å². The Bertz CT molecular complexity index is 682. The Morgan fingerprint density at radius 3 is 2.56 bits per heavy atom. The van der Waals surface area contributed by atoms with E-state index in [0.29, 0.717) is 6.54 Å². The topological polar surface area (TPSA) is 94.2 Å². The summed E-state index contributed by atoms with van der Waals surface area (Å²) in [7, 11) is 1.22. The van der Waals surface area contributed by atoms with Crippen LogP contribution in [0.25, 0.3) is 0 Å². The van der Waals surface area contributed by atoms with Gasteiger partial charge < -0.3 is 19.5 Å². The van der Waals surface area contributed by atoms with Gasteiger partial charge >= 0.3 is 18.6 Å². The van der Waals surface area contributed by atoms with Crippen molar-refractivity contribution in [3.63, 3.8) is 0 Å². The normalized spacial score (nSPS) is 14.9. The van der Waals surface area contributed by atoms with Crippen LogP contribution in [0, 0.1) is 0 Å². The zero-order chi connectivity index (χ0) is 18.6. The lowest BCUT2D eigenvalue weighted by atomic mass is 10.2. The van der Waals surface area contributed by atoms with Crippen molar-refractivity contribution >= 4 is 17.9 Å². The number of imide groups is 1. The highest BCUT2D eigenvalue weighted by atomic mass is 19.3. The van der Waals surface area contributed by atoms with Crippen molar-refractivity contribution in [3.05, 3.63) is 23.8 Å². The van der Waals surface area contributed by atoms with E-state index in [9.17, 15) is 23.2 Å². The number of urea groups is 1. The quantitative estimate of drug-likeness (QED) is 0.773. The Kier molecular flexibility index (Phi) is 5.73. The number of nitrogens with zero attached hydrogens (tertiary/aromatic N) is 1. The number of carbonyl (C=O) groups is 3. The SMILES string of the molecule is COc1cc(C(=O)O[C@H](C)C(=O)N2CCNC2=O)ccc1OC(F)F. The lowest BCUT2D eigenvalue weighted by Crippen LogP contribution is -2.41. The van der Waals surface area contributed by atoms with Crippen LogP contribution in [-0.2, 0) is 9.53 Å². The third kappa shape index (κ3) is 4.34. The molecule has 1 aromatic carbocycles. The zero-order valence-corrected chi connectivity index (χ0v) is 13.5. The number of nitrogens with one attached hydrogen (secondary N) is 1. The summed E-state index contributed by atoms with van der Waals surface area (Å²) in [5.41, 5.74) is -0.0241. The molecule has 1 saturated heterocycles. The molecule has 1 aromatic rings. The Balaban J connectivity index is 2.07. The van der Waals surface area contributed by atoms with Gasteiger partial charge in [-0.25, -0.2) is 9.59 Å². The minimum atomic E-state index is -3.05. The number of benzene rings is 1. The van der Waals surface area contributed by atoms with Crippen molar-refractivity contribution in [2.24, 2.45) is 0 Å². The predicted octanol–water partition coefficient (Wildman–Crippen LogP) is 1.39. The molecule has 25 heavy (non-hydrogen) atoms. The van der Waals surface area contributed by atoms with Crippen LogP contribution in [0.5, 0.6) is 11.5 Å². The molecule has 0 bridgehead atoms. The molecule has 1 atom stereocenters. The molecule has 2 rings (SSSR count). The van der Waals surface area contributed by atoms with Gasteiger partial charge in [0.15, 0.2) is 17.6 Å². The lowest BCUT2D eigenvalue weighted by molar-refractivity contribution is -0.136. The highest BCUT2D eigenvalue weighted by Crippen LogP contribution is 2.29.